The molecule has 0 aliphatic carbocycles. The summed E-state index contributed by atoms with van der Waals surface area (Å²) in [6.07, 6.45) is 0.174. The molecule has 110 valence electrons. The fourth-order valence-corrected chi connectivity index (χ4v) is 1.34. The number of urea groups is 1. The van der Waals surface area contributed by atoms with Crippen molar-refractivity contribution < 1.29 is 19.5 Å². The van der Waals surface area contributed by atoms with Crippen LogP contribution in [-0.2, 0) is 9.59 Å². The summed E-state index contributed by atoms with van der Waals surface area (Å²) in [5.74, 6) is -1.20. The summed E-state index contributed by atoms with van der Waals surface area (Å²) in [7, 11) is 3.25. The molecule has 0 fully saturated rings. The van der Waals surface area contributed by atoms with Gasteiger partial charge in [0.1, 0.15) is 6.04 Å². The van der Waals surface area contributed by atoms with Gasteiger partial charge >= 0.3 is 12.0 Å². The van der Waals surface area contributed by atoms with Crippen LogP contribution in [-0.4, -0.2) is 54.6 Å². The van der Waals surface area contributed by atoms with E-state index in [1.54, 1.807) is 34.9 Å². The van der Waals surface area contributed by atoms with Gasteiger partial charge < -0.3 is 20.6 Å². The van der Waals surface area contributed by atoms with E-state index in [1.807, 2.05) is 0 Å². The summed E-state index contributed by atoms with van der Waals surface area (Å²) in [4.78, 5) is 35.3. The van der Waals surface area contributed by atoms with E-state index in [0.717, 1.165) is 0 Å². The standard InChI is InChI=1S/C12H23N3O4/c1-12(2,3)9(10(17)18)14-11(19)13-7-6-8(16)15(4)5/h9H,6-7H2,1-5H3,(H,17,18)(H2,13,14,19). The number of carboxylic acids is 1. The summed E-state index contributed by atoms with van der Waals surface area (Å²) in [6, 6.07) is -1.58. The minimum atomic E-state index is -1.09. The van der Waals surface area contributed by atoms with E-state index in [2.05, 4.69) is 10.6 Å². The third-order valence-corrected chi connectivity index (χ3v) is 2.51. The molecular weight excluding hydrogens is 250 g/mol. The normalized spacial score (nSPS) is 12.5. The van der Waals surface area contributed by atoms with Gasteiger partial charge in [-0.3, -0.25) is 4.79 Å². The number of nitrogens with one attached hydrogen (secondary N) is 2. The Kier molecular flexibility index (Phi) is 6.31. The molecule has 0 aromatic rings. The second-order valence-electron chi connectivity index (χ2n) is 5.58. The van der Waals surface area contributed by atoms with Crippen LogP contribution in [0.2, 0.25) is 0 Å². The second-order valence-corrected chi connectivity index (χ2v) is 5.58. The van der Waals surface area contributed by atoms with Gasteiger partial charge in [-0.25, -0.2) is 9.59 Å². The molecule has 0 rings (SSSR count). The van der Waals surface area contributed by atoms with Crippen LogP contribution in [0.25, 0.3) is 0 Å². The van der Waals surface area contributed by atoms with Gasteiger partial charge in [-0.1, -0.05) is 20.8 Å². The van der Waals surface area contributed by atoms with Crippen molar-refractivity contribution in [1.82, 2.24) is 15.5 Å². The molecule has 1 unspecified atom stereocenters. The Morgan fingerprint density at radius 1 is 1.21 bits per heavy atom. The third kappa shape index (κ3) is 6.64. The summed E-state index contributed by atoms with van der Waals surface area (Å²) in [5.41, 5.74) is -0.595. The first kappa shape index (κ1) is 17.2. The van der Waals surface area contributed by atoms with Gasteiger partial charge in [0.15, 0.2) is 0 Å². The highest BCUT2D eigenvalue weighted by Crippen LogP contribution is 2.19. The van der Waals surface area contributed by atoms with Gasteiger partial charge in [0.2, 0.25) is 5.91 Å². The molecule has 0 aliphatic rings. The Labute approximate surface area is 113 Å². The van der Waals surface area contributed by atoms with Crippen LogP contribution in [0, 0.1) is 5.41 Å². The molecule has 0 saturated heterocycles. The van der Waals surface area contributed by atoms with Gasteiger partial charge in [-0.15, -0.1) is 0 Å². The number of hydrogen-bond donors (Lipinski definition) is 3. The van der Waals surface area contributed by atoms with Gasteiger partial charge in [0.05, 0.1) is 0 Å². The van der Waals surface area contributed by atoms with E-state index in [0.29, 0.717) is 0 Å². The summed E-state index contributed by atoms with van der Waals surface area (Å²) in [5, 5.41) is 13.9. The first-order chi connectivity index (χ1) is 8.55. The minimum absolute atomic E-state index is 0.106. The lowest BCUT2D eigenvalue weighted by molar-refractivity contribution is -0.142. The van der Waals surface area contributed by atoms with E-state index < -0.39 is 23.5 Å². The Morgan fingerprint density at radius 2 is 1.74 bits per heavy atom. The van der Waals surface area contributed by atoms with Crippen molar-refractivity contribution in [3.05, 3.63) is 0 Å². The van der Waals surface area contributed by atoms with Crippen LogP contribution in [0.3, 0.4) is 0 Å². The summed E-state index contributed by atoms with van der Waals surface area (Å²) in [6.45, 7) is 5.34. The Morgan fingerprint density at radius 3 is 2.11 bits per heavy atom. The van der Waals surface area contributed by atoms with Crippen molar-refractivity contribution in [1.29, 1.82) is 0 Å². The molecule has 0 aromatic carbocycles. The maximum atomic E-state index is 11.5. The Hall–Kier alpha value is -1.79. The Balaban J connectivity index is 4.23. The molecule has 7 nitrogen and oxygen atoms in total. The number of aliphatic carboxylic acids is 1. The highest BCUT2D eigenvalue weighted by molar-refractivity contribution is 5.83. The lowest BCUT2D eigenvalue weighted by atomic mass is 9.87. The third-order valence-electron chi connectivity index (χ3n) is 2.51. The van der Waals surface area contributed by atoms with Crippen LogP contribution in [0.4, 0.5) is 4.79 Å². The molecule has 0 aromatic heterocycles. The lowest BCUT2D eigenvalue weighted by Crippen LogP contribution is -2.52. The van der Waals surface area contributed by atoms with E-state index in [-0.39, 0.29) is 18.9 Å². The maximum Gasteiger partial charge on any atom is 0.326 e. The monoisotopic (exact) mass is 273 g/mol. The molecule has 0 saturated carbocycles. The van der Waals surface area contributed by atoms with E-state index >= 15 is 0 Å². The zero-order valence-electron chi connectivity index (χ0n) is 12.1. The van der Waals surface area contributed by atoms with Crippen LogP contribution < -0.4 is 10.6 Å². The Bertz CT molecular complexity index is 347. The zero-order chi connectivity index (χ0) is 15.2. The number of carboxylic acid groups (broad SMARTS) is 1. The van der Waals surface area contributed by atoms with Crippen LogP contribution >= 0.6 is 0 Å². The molecular formula is C12H23N3O4. The van der Waals surface area contributed by atoms with Gasteiger partial charge in [-0.2, -0.15) is 0 Å². The predicted octanol–water partition coefficient (Wildman–Crippen LogP) is 0.263. The highest BCUT2D eigenvalue weighted by atomic mass is 16.4. The maximum absolute atomic E-state index is 11.5. The minimum Gasteiger partial charge on any atom is -0.480 e. The largest absolute Gasteiger partial charge is 0.480 e. The van der Waals surface area contributed by atoms with E-state index in [9.17, 15) is 14.4 Å². The first-order valence-corrected chi connectivity index (χ1v) is 6.03. The fourth-order valence-electron chi connectivity index (χ4n) is 1.34. The number of amides is 3. The smallest absolute Gasteiger partial charge is 0.326 e. The molecule has 3 N–H and O–H groups in total. The number of carbonyl (C=O) groups excluding carboxylic acids is 2. The van der Waals surface area contributed by atoms with Crippen molar-refractivity contribution in [2.24, 2.45) is 5.41 Å². The van der Waals surface area contributed by atoms with E-state index in [4.69, 9.17) is 5.11 Å². The van der Waals surface area contributed by atoms with Crippen molar-refractivity contribution in [3.8, 4) is 0 Å². The van der Waals surface area contributed by atoms with Crippen LogP contribution in [0.15, 0.2) is 0 Å². The van der Waals surface area contributed by atoms with Crippen LogP contribution in [0.5, 0.6) is 0 Å². The molecule has 0 aliphatic heterocycles. The average Bonchev–Trinajstić information content (AvgIpc) is 2.23. The second kappa shape index (κ2) is 6.96. The molecule has 3 amide bonds. The van der Waals surface area contributed by atoms with Crippen LogP contribution in [0.1, 0.15) is 27.2 Å². The molecule has 0 radical (unpaired) electrons. The molecule has 7 heteroatoms. The zero-order valence-corrected chi connectivity index (χ0v) is 12.1. The lowest BCUT2D eigenvalue weighted by Gasteiger charge is -2.27. The highest BCUT2D eigenvalue weighted by Gasteiger charge is 2.32. The van der Waals surface area contributed by atoms with Crippen molar-refractivity contribution in [2.45, 2.75) is 33.2 Å². The van der Waals surface area contributed by atoms with Gasteiger partial charge in [-0.05, 0) is 5.41 Å². The van der Waals surface area contributed by atoms with Gasteiger partial charge in [0.25, 0.3) is 0 Å². The van der Waals surface area contributed by atoms with Gasteiger partial charge in [0, 0.05) is 27.1 Å². The first-order valence-electron chi connectivity index (χ1n) is 6.03. The average molecular weight is 273 g/mol. The number of rotatable bonds is 5. The molecule has 0 spiro atoms. The molecule has 0 bridgehead atoms. The quantitative estimate of drug-likeness (QED) is 0.669. The predicted molar refractivity (Wildman–Crippen MR) is 70.7 cm³/mol. The van der Waals surface area contributed by atoms with E-state index in [1.165, 1.54) is 4.90 Å². The number of carbonyl (C=O) groups is 3. The van der Waals surface area contributed by atoms with Crippen molar-refractivity contribution in [3.63, 3.8) is 0 Å². The number of nitrogens with zero attached hydrogens (tertiary/aromatic N) is 1. The summed E-state index contributed by atoms with van der Waals surface area (Å²) < 4.78 is 0. The topological polar surface area (TPSA) is 98.7 Å². The molecule has 1 atom stereocenters. The summed E-state index contributed by atoms with van der Waals surface area (Å²) >= 11 is 0. The fraction of sp³-hybridized carbons (Fsp3) is 0.750. The SMILES string of the molecule is CN(C)C(=O)CCNC(=O)NC(C(=O)O)C(C)(C)C. The molecule has 0 heterocycles. The van der Waals surface area contributed by atoms with Crippen molar-refractivity contribution in [2.75, 3.05) is 20.6 Å². The van der Waals surface area contributed by atoms with Crippen molar-refractivity contribution >= 4 is 17.9 Å². The number of hydrogen-bond acceptors (Lipinski definition) is 3. The molecule has 19 heavy (non-hydrogen) atoms.